The third kappa shape index (κ3) is 1.88. The van der Waals surface area contributed by atoms with Crippen LogP contribution in [-0.2, 0) is 7.05 Å². The first-order valence-electron chi connectivity index (χ1n) is 5.46. The molecular weight excluding hydrogens is 252 g/mol. The smallest absolute Gasteiger partial charge is 0.222 e. The maximum atomic E-state index is 13.3. The number of aryl methyl sites for hydroxylation is 1. The minimum Gasteiger partial charge on any atom is -0.368 e. The first kappa shape index (κ1) is 11.5. The van der Waals surface area contributed by atoms with Crippen LogP contribution >= 0.6 is 0 Å². The van der Waals surface area contributed by atoms with Crippen molar-refractivity contribution < 1.29 is 8.78 Å². The van der Waals surface area contributed by atoms with Gasteiger partial charge in [0.1, 0.15) is 17.3 Å². The monoisotopic (exact) mass is 261 g/mol. The van der Waals surface area contributed by atoms with Crippen LogP contribution in [0.2, 0.25) is 0 Å². The van der Waals surface area contributed by atoms with Gasteiger partial charge in [0.15, 0.2) is 5.65 Å². The lowest BCUT2D eigenvalue weighted by molar-refractivity contribution is 0.584. The number of nitrogens with zero attached hydrogens (tertiary/aromatic N) is 4. The fourth-order valence-corrected chi connectivity index (χ4v) is 1.95. The molecule has 2 aromatic heterocycles. The van der Waals surface area contributed by atoms with Gasteiger partial charge in [-0.2, -0.15) is 10.1 Å². The second-order valence-electron chi connectivity index (χ2n) is 4.10. The number of fused-ring (bicyclic) bond motifs is 1. The van der Waals surface area contributed by atoms with Gasteiger partial charge in [0.05, 0.1) is 5.39 Å². The Bertz CT molecular complexity index is 761. The third-order valence-corrected chi connectivity index (χ3v) is 2.73. The molecule has 7 heteroatoms. The molecule has 0 aliphatic rings. The Morgan fingerprint density at radius 3 is 2.53 bits per heavy atom. The fourth-order valence-electron chi connectivity index (χ4n) is 1.95. The van der Waals surface area contributed by atoms with Gasteiger partial charge in [-0.1, -0.05) is 0 Å². The summed E-state index contributed by atoms with van der Waals surface area (Å²) in [4.78, 5) is 7.92. The highest BCUT2D eigenvalue weighted by Crippen LogP contribution is 2.27. The van der Waals surface area contributed by atoms with E-state index in [1.807, 2.05) is 0 Å². The molecule has 2 heterocycles. The van der Waals surface area contributed by atoms with Crippen molar-refractivity contribution in [3.05, 3.63) is 36.0 Å². The van der Waals surface area contributed by atoms with Gasteiger partial charge >= 0.3 is 0 Å². The summed E-state index contributed by atoms with van der Waals surface area (Å²) in [7, 11) is 1.67. The maximum absolute atomic E-state index is 13.3. The van der Waals surface area contributed by atoms with Gasteiger partial charge in [-0.3, -0.25) is 0 Å². The van der Waals surface area contributed by atoms with Crippen molar-refractivity contribution in [1.29, 1.82) is 0 Å². The first-order valence-corrected chi connectivity index (χ1v) is 5.46. The summed E-state index contributed by atoms with van der Waals surface area (Å²) in [6.07, 6.45) is 1.49. The molecule has 0 bridgehead atoms. The van der Waals surface area contributed by atoms with Gasteiger partial charge in [-0.05, 0) is 12.1 Å². The van der Waals surface area contributed by atoms with Crippen molar-refractivity contribution in [3.8, 4) is 11.3 Å². The number of rotatable bonds is 1. The predicted octanol–water partition coefficient (Wildman–Crippen LogP) is 1.89. The number of nitrogen functional groups attached to an aromatic ring is 1. The van der Waals surface area contributed by atoms with Crippen LogP contribution < -0.4 is 5.73 Å². The molecule has 3 aromatic rings. The summed E-state index contributed by atoms with van der Waals surface area (Å²) >= 11 is 0. The van der Waals surface area contributed by atoms with Crippen LogP contribution in [0.25, 0.3) is 22.3 Å². The second kappa shape index (κ2) is 3.98. The van der Waals surface area contributed by atoms with Crippen molar-refractivity contribution in [2.45, 2.75) is 0 Å². The molecule has 3 rings (SSSR count). The summed E-state index contributed by atoms with van der Waals surface area (Å²) in [5.41, 5.74) is 6.76. The second-order valence-corrected chi connectivity index (χ2v) is 4.10. The lowest BCUT2D eigenvalue weighted by Crippen LogP contribution is -1.97. The van der Waals surface area contributed by atoms with Crippen LogP contribution in [0, 0.1) is 11.6 Å². The van der Waals surface area contributed by atoms with Gasteiger partial charge in [0.25, 0.3) is 0 Å². The Kier molecular flexibility index (Phi) is 2.41. The van der Waals surface area contributed by atoms with Crippen molar-refractivity contribution >= 4 is 17.0 Å². The lowest BCUT2D eigenvalue weighted by Gasteiger charge is -1.99. The Labute approximate surface area is 106 Å². The number of anilines is 1. The number of halogens is 2. The van der Waals surface area contributed by atoms with Gasteiger partial charge < -0.3 is 5.73 Å². The molecule has 19 heavy (non-hydrogen) atoms. The fraction of sp³-hybridized carbons (Fsp3) is 0.0833. The Hall–Kier alpha value is -2.57. The summed E-state index contributed by atoms with van der Waals surface area (Å²) in [6.45, 7) is 0. The molecule has 0 radical (unpaired) electrons. The van der Waals surface area contributed by atoms with Crippen LogP contribution in [-0.4, -0.2) is 19.7 Å². The van der Waals surface area contributed by atoms with Gasteiger partial charge in [0, 0.05) is 24.9 Å². The van der Waals surface area contributed by atoms with E-state index >= 15 is 0 Å². The topological polar surface area (TPSA) is 69.6 Å². The van der Waals surface area contributed by atoms with Crippen LogP contribution in [0.15, 0.2) is 24.4 Å². The molecule has 0 saturated carbocycles. The maximum Gasteiger partial charge on any atom is 0.222 e. The molecule has 0 saturated heterocycles. The molecular formula is C12H9F2N5. The highest BCUT2D eigenvalue weighted by molar-refractivity contribution is 5.90. The average molecular weight is 261 g/mol. The Balaban J connectivity index is 2.31. The quantitative estimate of drug-likeness (QED) is 0.726. The van der Waals surface area contributed by atoms with Crippen molar-refractivity contribution in [3.63, 3.8) is 0 Å². The SMILES string of the molecule is Cn1nc(-c2cc(F)cc(F)c2)c2cnc(N)nc21. The Morgan fingerprint density at radius 1 is 1.16 bits per heavy atom. The summed E-state index contributed by atoms with van der Waals surface area (Å²) in [5.74, 6) is -1.21. The zero-order valence-corrected chi connectivity index (χ0v) is 9.93. The largest absolute Gasteiger partial charge is 0.368 e. The minimum absolute atomic E-state index is 0.118. The number of benzene rings is 1. The van der Waals surface area contributed by atoms with Crippen LogP contribution in [0.3, 0.4) is 0 Å². The van der Waals surface area contributed by atoms with Gasteiger partial charge in [-0.25, -0.2) is 18.4 Å². The standard InChI is InChI=1S/C12H9F2N5/c1-19-11-9(5-16-12(15)17-11)10(18-19)6-2-7(13)4-8(14)3-6/h2-5H,1H3,(H2,15,16,17). The molecule has 1 aromatic carbocycles. The first-order chi connectivity index (χ1) is 9.04. The number of hydrogen-bond donors (Lipinski definition) is 1. The van der Waals surface area contributed by atoms with Crippen molar-refractivity contribution in [2.24, 2.45) is 7.05 Å². The van der Waals surface area contributed by atoms with Crippen LogP contribution in [0.1, 0.15) is 0 Å². The van der Waals surface area contributed by atoms with Crippen LogP contribution in [0.4, 0.5) is 14.7 Å². The van der Waals surface area contributed by atoms with E-state index in [9.17, 15) is 8.78 Å². The summed E-state index contributed by atoms with van der Waals surface area (Å²) in [6, 6.07) is 3.23. The van der Waals surface area contributed by atoms with E-state index < -0.39 is 11.6 Å². The van der Waals surface area contributed by atoms with Gasteiger partial charge in [0.2, 0.25) is 5.95 Å². The highest BCUT2D eigenvalue weighted by atomic mass is 19.1. The molecule has 0 spiro atoms. The molecule has 0 aliphatic carbocycles. The zero-order valence-electron chi connectivity index (χ0n) is 9.93. The molecule has 0 unspecified atom stereocenters. The molecule has 96 valence electrons. The number of aromatic nitrogens is 4. The number of nitrogens with two attached hydrogens (primary N) is 1. The van der Waals surface area contributed by atoms with E-state index in [4.69, 9.17) is 5.73 Å². The zero-order chi connectivity index (χ0) is 13.6. The minimum atomic E-state index is -0.662. The normalized spacial score (nSPS) is 11.1. The van der Waals surface area contributed by atoms with Crippen LogP contribution in [0.5, 0.6) is 0 Å². The van der Waals surface area contributed by atoms with E-state index in [1.54, 1.807) is 7.05 Å². The highest BCUT2D eigenvalue weighted by Gasteiger charge is 2.14. The van der Waals surface area contributed by atoms with E-state index in [0.29, 0.717) is 22.3 Å². The van der Waals surface area contributed by atoms with E-state index in [1.165, 1.54) is 23.0 Å². The molecule has 5 nitrogen and oxygen atoms in total. The molecule has 0 aliphatic heterocycles. The van der Waals surface area contributed by atoms with Crippen molar-refractivity contribution in [2.75, 3.05) is 5.73 Å². The molecule has 0 atom stereocenters. The summed E-state index contributed by atoms with van der Waals surface area (Å²) in [5, 5.41) is 4.79. The Morgan fingerprint density at radius 2 is 1.84 bits per heavy atom. The van der Waals surface area contributed by atoms with E-state index in [0.717, 1.165) is 6.07 Å². The van der Waals surface area contributed by atoms with Crippen molar-refractivity contribution in [1.82, 2.24) is 19.7 Å². The predicted molar refractivity (Wildman–Crippen MR) is 66.1 cm³/mol. The molecule has 0 fully saturated rings. The average Bonchev–Trinajstić information content (AvgIpc) is 2.65. The van der Waals surface area contributed by atoms with E-state index in [2.05, 4.69) is 15.1 Å². The van der Waals surface area contributed by atoms with E-state index in [-0.39, 0.29) is 5.95 Å². The molecule has 2 N–H and O–H groups in total. The third-order valence-electron chi connectivity index (χ3n) is 2.73. The molecule has 0 amide bonds. The lowest BCUT2D eigenvalue weighted by atomic mass is 10.1. The number of hydrogen-bond acceptors (Lipinski definition) is 4. The summed E-state index contributed by atoms with van der Waals surface area (Å²) < 4.78 is 28.0. The van der Waals surface area contributed by atoms with Gasteiger partial charge in [-0.15, -0.1) is 0 Å².